The van der Waals surface area contributed by atoms with Crippen molar-refractivity contribution in [3.8, 4) is 0 Å². The minimum Gasteiger partial charge on any atom is -0.310 e. The molecule has 1 fully saturated rings. The minimum atomic E-state index is 0. The van der Waals surface area contributed by atoms with Crippen molar-refractivity contribution >= 4 is 39.9 Å². The van der Waals surface area contributed by atoms with E-state index in [1.807, 2.05) is 18.2 Å². The van der Waals surface area contributed by atoms with Gasteiger partial charge < -0.3 is 5.32 Å². The van der Waals surface area contributed by atoms with Crippen molar-refractivity contribution in [1.29, 1.82) is 0 Å². The standard InChI is InChI=1S/C10H11BrClN.ClH/c11-9-4-3-7(12)6-8(9)10-2-1-5-13-10;/h3-4,6,10,13H,1-2,5H2;1H/t10-;/m0./s1. The normalized spacial score (nSPS) is 20.6. The highest BCUT2D eigenvalue weighted by atomic mass is 79.9. The van der Waals surface area contributed by atoms with Crippen LogP contribution in [0.3, 0.4) is 0 Å². The van der Waals surface area contributed by atoms with E-state index in [0.29, 0.717) is 6.04 Å². The third-order valence-electron chi connectivity index (χ3n) is 2.39. The molecular formula is C10H12BrCl2N. The lowest BCUT2D eigenvalue weighted by molar-refractivity contribution is 0.645. The van der Waals surface area contributed by atoms with E-state index in [4.69, 9.17) is 11.6 Å². The molecule has 0 unspecified atom stereocenters. The number of hydrogen-bond acceptors (Lipinski definition) is 1. The second-order valence-electron chi connectivity index (χ2n) is 3.31. The predicted octanol–water partition coefficient (Wildman–Crippen LogP) is 3.95. The fourth-order valence-corrected chi connectivity index (χ4v) is 2.44. The number of hydrogen-bond donors (Lipinski definition) is 1. The van der Waals surface area contributed by atoms with Crippen LogP contribution in [0, 0.1) is 0 Å². The third-order valence-corrected chi connectivity index (χ3v) is 3.35. The molecule has 2 rings (SSSR count). The first kappa shape index (κ1) is 12.3. The third kappa shape index (κ3) is 2.63. The van der Waals surface area contributed by atoms with Crippen LogP contribution in [-0.2, 0) is 0 Å². The molecule has 14 heavy (non-hydrogen) atoms. The van der Waals surface area contributed by atoms with Gasteiger partial charge in [0.2, 0.25) is 0 Å². The van der Waals surface area contributed by atoms with Crippen molar-refractivity contribution in [1.82, 2.24) is 5.32 Å². The molecule has 0 saturated carbocycles. The first-order chi connectivity index (χ1) is 6.27. The van der Waals surface area contributed by atoms with Crippen molar-refractivity contribution in [2.75, 3.05) is 6.54 Å². The highest BCUT2D eigenvalue weighted by Gasteiger charge is 2.18. The second kappa shape index (κ2) is 5.36. The summed E-state index contributed by atoms with van der Waals surface area (Å²) in [6.07, 6.45) is 2.46. The monoisotopic (exact) mass is 295 g/mol. The van der Waals surface area contributed by atoms with Crippen molar-refractivity contribution in [2.45, 2.75) is 18.9 Å². The van der Waals surface area contributed by atoms with E-state index >= 15 is 0 Å². The van der Waals surface area contributed by atoms with Crippen molar-refractivity contribution in [3.63, 3.8) is 0 Å². The molecule has 1 nitrogen and oxygen atoms in total. The Morgan fingerprint density at radius 3 is 2.86 bits per heavy atom. The predicted molar refractivity (Wildman–Crippen MR) is 66.4 cm³/mol. The quantitative estimate of drug-likeness (QED) is 0.827. The first-order valence-electron chi connectivity index (χ1n) is 4.46. The smallest absolute Gasteiger partial charge is 0.0410 e. The van der Waals surface area contributed by atoms with Gasteiger partial charge >= 0.3 is 0 Å². The number of nitrogens with one attached hydrogen (secondary N) is 1. The largest absolute Gasteiger partial charge is 0.310 e. The molecule has 0 amide bonds. The molecule has 1 aliphatic rings. The summed E-state index contributed by atoms with van der Waals surface area (Å²) < 4.78 is 1.15. The summed E-state index contributed by atoms with van der Waals surface area (Å²) in [6.45, 7) is 1.11. The SMILES string of the molecule is Cl.Clc1ccc(Br)c([C@@H]2CCCN2)c1. The molecule has 1 atom stereocenters. The van der Waals surface area contributed by atoms with Gasteiger partial charge in [0.05, 0.1) is 0 Å². The van der Waals surface area contributed by atoms with Crippen molar-refractivity contribution in [2.24, 2.45) is 0 Å². The first-order valence-corrected chi connectivity index (χ1v) is 5.63. The van der Waals surface area contributed by atoms with Gasteiger partial charge in [0, 0.05) is 15.5 Å². The van der Waals surface area contributed by atoms with Gasteiger partial charge in [0.15, 0.2) is 0 Å². The molecule has 4 heteroatoms. The summed E-state index contributed by atoms with van der Waals surface area (Å²) in [5.41, 5.74) is 1.28. The van der Waals surface area contributed by atoms with Crippen molar-refractivity contribution < 1.29 is 0 Å². The van der Waals surface area contributed by atoms with Crippen LogP contribution in [-0.4, -0.2) is 6.54 Å². The van der Waals surface area contributed by atoms with E-state index in [-0.39, 0.29) is 12.4 Å². The van der Waals surface area contributed by atoms with Gasteiger partial charge in [-0.25, -0.2) is 0 Å². The van der Waals surface area contributed by atoms with E-state index < -0.39 is 0 Å². The van der Waals surface area contributed by atoms with Gasteiger partial charge in [-0.3, -0.25) is 0 Å². The molecule has 0 aliphatic carbocycles. The van der Waals surface area contributed by atoms with Gasteiger partial charge in [0.1, 0.15) is 0 Å². The van der Waals surface area contributed by atoms with Gasteiger partial charge in [-0.2, -0.15) is 0 Å². The van der Waals surface area contributed by atoms with Gasteiger partial charge in [-0.15, -0.1) is 12.4 Å². The van der Waals surface area contributed by atoms with Crippen molar-refractivity contribution in [3.05, 3.63) is 33.3 Å². The average molecular weight is 297 g/mol. The summed E-state index contributed by atoms with van der Waals surface area (Å²) in [4.78, 5) is 0. The Morgan fingerprint density at radius 1 is 1.43 bits per heavy atom. The number of rotatable bonds is 1. The van der Waals surface area contributed by atoms with E-state index in [0.717, 1.165) is 16.0 Å². The van der Waals surface area contributed by atoms with Crippen LogP contribution in [0.1, 0.15) is 24.4 Å². The van der Waals surface area contributed by atoms with Crippen LogP contribution < -0.4 is 5.32 Å². The average Bonchev–Trinajstić information content (AvgIpc) is 2.61. The van der Waals surface area contributed by atoms with Crippen LogP contribution in [0.2, 0.25) is 5.02 Å². The zero-order valence-electron chi connectivity index (χ0n) is 7.59. The molecule has 1 N–H and O–H groups in total. The minimum absolute atomic E-state index is 0. The summed E-state index contributed by atoms with van der Waals surface area (Å²) in [5.74, 6) is 0. The molecular weight excluding hydrogens is 285 g/mol. The molecule has 78 valence electrons. The maximum Gasteiger partial charge on any atom is 0.0410 e. The molecule has 1 heterocycles. The Morgan fingerprint density at radius 2 is 2.21 bits per heavy atom. The summed E-state index contributed by atoms with van der Waals surface area (Å²) >= 11 is 9.49. The topological polar surface area (TPSA) is 12.0 Å². The lowest BCUT2D eigenvalue weighted by atomic mass is 10.1. The fourth-order valence-electron chi connectivity index (χ4n) is 1.73. The van der Waals surface area contributed by atoms with Crippen LogP contribution in [0.4, 0.5) is 0 Å². The molecule has 1 saturated heterocycles. The highest BCUT2D eigenvalue weighted by Crippen LogP contribution is 2.31. The van der Waals surface area contributed by atoms with Crippen LogP contribution in [0.25, 0.3) is 0 Å². The lowest BCUT2D eigenvalue weighted by Crippen LogP contribution is -2.13. The van der Waals surface area contributed by atoms with E-state index in [1.54, 1.807) is 0 Å². The lowest BCUT2D eigenvalue weighted by Gasteiger charge is -2.12. The van der Waals surface area contributed by atoms with Crippen LogP contribution in [0.15, 0.2) is 22.7 Å². The number of benzene rings is 1. The Bertz CT molecular complexity index is 311. The van der Waals surface area contributed by atoms with Crippen LogP contribution >= 0.6 is 39.9 Å². The summed E-state index contributed by atoms with van der Waals surface area (Å²) in [6, 6.07) is 6.43. The van der Waals surface area contributed by atoms with Gasteiger partial charge in [-0.05, 0) is 43.1 Å². The maximum absolute atomic E-state index is 5.95. The second-order valence-corrected chi connectivity index (χ2v) is 4.61. The van der Waals surface area contributed by atoms with Crippen LogP contribution in [0.5, 0.6) is 0 Å². The molecule has 0 radical (unpaired) electrons. The number of halogens is 3. The molecule has 0 aromatic heterocycles. The Kier molecular flexibility index (Phi) is 4.71. The molecule has 1 aromatic rings. The van der Waals surface area contributed by atoms with Gasteiger partial charge in [0.25, 0.3) is 0 Å². The van der Waals surface area contributed by atoms with E-state index in [9.17, 15) is 0 Å². The Labute approximate surface area is 104 Å². The zero-order valence-corrected chi connectivity index (χ0v) is 10.8. The summed E-state index contributed by atoms with van der Waals surface area (Å²) in [7, 11) is 0. The fraction of sp³-hybridized carbons (Fsp3) is 0.400. The van der Waals surface area contributed by atoms with Gasteiger partial charge in [-0.1, -0.05) is 27.5 Å². The molecule has 1 aromatic carbocycles. The molecule has 1 aliphatic heterocycles. The van der Waals surface area contributed by atoms with E-state index in [2.05, 4.69) is 21.2 Å². The maximum atomic E-state index is 5.95. The zero-order chi connectivity index (χ0) is 9.26. The molecule has 0 spiro atoms. The summed E-state index contributed by atoms with van der Waals surface area (Å²) in [5, 5.41) is 4.26. The Balaban J connectivity index is 0.000000980. The van der Waals surface area contributed by atoms with E-state index in [1.165, 1.54) is 18.4 Å². The highest BCUT2D eigenvalue weighted by molar-refractivity contribution is 9.10. The molecule has 0 bridgehead atoms. The Hall–Kier alpha value is 0.240.